The van der Waals surface area contributed by atoms with Crippen LogP contribution in [0.4, 0.5) is 0 Å². The van der Waals surface area contributed by atoms with Gasteiger partial charge in [-0.1, -0.05) is 302 Å². The van der Waals surface area contributed by atoms with Crippen LogP contribution in [0, 0.1) is 0 Å². The average molecular weight is 1080 g/mol. The van der Waals surface area contributed by atoms with Crippen LogP contribution in [0.5, 0.6) is 0 Å². The molecule has 76 heavy (non-hydrogen) atoms. The van der Waals surface area contributed by atoms with Crippen molar-refractivity contribution in [1.82, 2.24) is 0 Å². The van der Waals surface area contributed by atoms with Gasteiger partial charge >= 0.3 is 17.9 Å². The lowest BCUT2D eigenvalue weighted by molar-refractivity contribution is -0.870. The largest absolute Gasteiger partial charge is 0.477 e. The highest BCUT2D eigenvalue weighted by Crippen LogP contribution is 2.19. The van der Waals surface area contributed by atoms with Crippen LogP contribution in [0.15, 0.2) is 12.2 Å². The second-order valence-electron chi connectivity index (χ2n) is 24.1. The van der Waals surface area contributed by atoms with E-state index in [1.807, 2.05) is 21.1 Å². The molecule has 0 aliphatic heterocycles. The number of unbranched alkanes of at least 4 members (excludes halogenated alkanes) is 46. The number of carboxylic acids is 1. The molecule has 0 rings (SSSR count). The Kier molecular flexibility index (Phi) is 57.6. The van der Waals surface area contributed by atoms with E-state index in [9.17, 15) is 19.5 Å². The number of carbonyl (C=O) groups excluding carboxylic acids is 2. The molecule has 0 radical (unpaired) electrons. The van der Waals surface area contributed by atoms with Crippen molar-refractivity contribution in [2.75, 3.05) is 47.5 Å². The number of ether oxygens (including phenoxy) is 4. The zero-order valence-corrected chi connectivity index (χ0v) is 51.5. The molecule has 9 heteroatoms. The van der Waals surface area contributed by atoms with E-state index in [-0.39, 0.29) is 38.2 Å². The predicted octanol–water partition coefficient (Wildman–Crippen LogP) is 20.1. The van der Waals surface area contributed by atoms with E-state index < -0.39 is 18.4 Å². The van der Waals surface area contributed by atoms with Crippen LogP contribution >= 0.6 is 0 Å². The summed E-state index contributed by atoms with van der Waals surface area (Å²) in [6, 6.07) is 0. The van der Waals surface area contributed by atoms with E-state index in [1.54, 1.807) is 0 Å². The summed E-state index contributed by atoms with van der Waals surface area (Å²) in [5.74, 6) is -1.97. The van der Waals surface area contributed by atoms with Crippen molar-refractivity contribution in [1.29, 1.82) is 0 Å². The number of carboxylic acid groups (broad SMARTS) is 1. The van der Waals surface area contributed by atoms with Crippen LogP contribution in [0.3, 0.4) is 0 Å². The normalized spacial score (nSPS) is 12.7. The number of nitrogens with zero attached hydrogens (tertiary/aromatic N) is 1. The zero-order chi connectivity index (χ0) is 55.5. The Bertz CT molecular complexity index is 1250. The SMILES string of the molecule is CCCCCCCCCC/C=C\CCCCCCCCCCCCCCCCCCCCCC(=O)OC(COC(=O)CCCCCCCCCCCCCCCCCCCCCC)COC(OCC[N+](C)(C)C)C(=O)O. The molecule has 0 aromatic heterocycles. The molecule has 9 nitrogen and oxygen atoms in total. The van der Waals surface area contributed by atoms with Gasteiger partial charge in [0.1, 0.15) is 13.2 Å². The standard InChI is InChI=1S/C67H129NO8/c1-6-8-10-12-14-16-18-20-22-24-26-28-29-30-31-32-33-34-35-36-37-38-40-42-44-46-48-50-52-54-56-58-65(70)76-63(62-75-67(66(71)72)73-60-59-68(3,4)5)61-74-64(69)57-55-53-51-49-47-45-43-41-39-27-25-23-21-19-17-15-13-11-9-7-2/h24,26,63,67H,6-23,25,27-62H2,1-5H3/p+1/b26-24-. The zero-order valence-electron chi connectivity index (χ0n) is 51.5. The quantitative estimate of drug-likeness (QED) is 0.0211. The summed E-state index contributed by atoms with van der Waals surface area (Å²) in [7, 11) is 5.99. The lowest BCUT2D eigenvalue weighted by Gasteiger charge is -2.25. The van der Waals surface area contributed by atoms with Crippen LogP contribution in [-0.2, 0) is 33.3 Å². The van der Waals surface area contributed by atoms with Gasteiger partial charge in [0.15, 0.2) is 6.10 Å². The first-order valence-electron chi connectivity index (χ1n) is 33.4. The number of rotatable bonds is 63. The molecule has 0 saturated carbocycles. The summed E-state index contributed by atoms with van der Waals surface area (Å²) < 4.78 is 23.0. The van der Waals surface area contributed by atoms with Gasteiger partial charge in [0, 0.05) is 12.8 Å². The van der Waals surface area contributed by atoms with Crippen LogP contribution in [0.25, 0.3) is 0 Å². The summed E-state index contributed by atoms with van der Waals surface area (Å²) in [5.41, 5.74) is 0. The van der Waals surface area contributed by atoms with E-state index in [0.717, 1.165) is 38.5 Å². The molecule has 0 spiro atoms. The average Bonchev–Trinajstić information content (AvgIpc) is 3.39. The van der Waals surface area contributed by atoms with E-state index in [1.165, 1.54) is 276 Å². The highest BCUT2D eigenvalue weighted by molar-refractivity contribution is 5.71. The van der Waals surface area contributed by atoms with Gasteiger partial charge in [-0.2, -0.15) is 0 Å². The third-order valence-corrected chi connectivity index (χ3v) is 15.3. The molecule has 0 aliphatic carbocycles. The summed E-state index contributed by atoms with van der Waals surface area (Å²) in [6.07, 6.45) is 67.5. The Balaban J connectivity index is 4.06. The highest BCUT2D eigenvalue weighted by atomic mass is 16.7. The molecule has 0 heterocycles. The molecule has 2 atom stereocenters. The van der Waals surface area contributed by atoms with Gasteiger partial charge in [0.2, 0.25) is 0 Å². The Morgan fingerprint density at radius 1 is 0.382 bits per heavy atom. The minimum atomic E-state index is -1.50. The monoisotopic (exact) mass is 1080 g/mol. The second kappa shape index (κ2) is 59.2. The van der Waals surface area contributed by atoms with Gasteiger partial charge in [0.05, 0.1) is 34.4 Å². The topological polar surface area (TPSA) is 108 Å². The Hall–Kier alpha value is -1.97. The van der Waals surface area contributed by atoms with Gasteiger partial charge < -0.3 is 28.5 Å². The third kappa shape index (κ3) is 59.7. The number of hydrogen-bond acceptors (Lipinski definition) is 7. The van der Waals surface area contributed by atoms with Gasteiger partial charge in [-0.25, -0.2) is 4.79 Å². The predicted molar refractivity (Wildman–Crippen MR) is 323 cm³/mol. The molecule has 0 aromatic carbocycles. The Labute approximate surface area is 472 Å². The van der Waals surface area contributed by atoms with Gasteiger partial charge in [-0.15, -0.1) is 0 Å². The van der Waals surface area contributed by atoms with Gasteiger partial charge in [-0.05, 0) is 38.5 Å². The number of esters is 2. The van der Waals surface area contributed by atoms with Gasteiger partial charge in [0.25, 0.3) is 6.29 Å². The first-order valence-corrected chi connectivity index (χ1v) is 33.4. The fraction of sp³-hybridized carbons (Fsp3) is 0.925. The van der Waals surface area contributed by atoms with Gasteiger partial charge in [-0.3, -0.25) is 9.59 Å². The molecule has 0 saturated heterocycles. The van der Waals surface area contributed by atoms with E-state index in [2.05, 4.69) is 26.0 Å². The lowest BCUT2D eigenvalue weighted by Crippen LogP contribution is -2.40. The summed E-state index contributed by atoms with van der Waals surface area (Å²) in [4.78, 5) is 37.5. The van der Waals surface area contributed by atoms with Crippen molar-refractivity contribution in [3.05, 3.63) is 12.2 Å². The summed E-state index contributed by atoms with van der Waals surface area (Å²) in [6.45, 7) is 4.95. The maximum Gasteiger partial charge on any atom is 0.361 e. The smallest absolute Gasteiger partial charge is 0.361 e. The van der Waals surface area contributed by atoms with Crippen LogP contribution in [-0.4, -0.2) is 87.4 Å². The molecule has 0 fully saturated rings. The van der Waals surface area contributed by atoms with Crippen molar-refractivity contribution in [2.45, 2.75) is 354 Å². The van der Waals surface area contributed by atoms with E-state index >= 15 is 0 Å². The highest BCUT2D eigenvalue weighted by Gasteiger charge is 2.25. The minimum absolute atomic E-state index is 0.173. The molecular weight excluding hydrogens is 947 g/mol. The van der Waals surface area contributed by atoms with Crippen LogP contribution in [0.2, 0.25) is 0 Å². The summed E-state index contributed by atoms with van der Waals surface area (Å²) >= 11 is 0. The maximum absolute atomic E-state index is 12.9. The lowest BCUT2D eigenvalue weighted by atomic mass is 10.0. The third-order valence-electron chi connectivity index (χ3n) is 15.3. The van der Waals surface area contributed by atoms with E-state index in [0.29, 0.717) is 17.4 Å². The number of hydrogen-bond donors (Lipinski definition) is 1. The second-order valence-corrected chi connectivity index (χ2v) is 24.1. The number of carbonyl (C=O) groups is 3. The molecule has 450 valence electrons. The first kappa shape index (κ1) is 74.0. The number of allylic oxidation sites excluding steroid dienone is 2. The van der Waals surface area contributed by atoms with Crippen molar-refractivity contribution < 1.29 is 42.9 Å². The Morgan fingerprint density at radius 3 is 0.974 bits per heavy atom. The molecule has 0 amide bonds. The maximum atomic E-state index is 12.9. The molecule has 0 aromatic rings. The molecular formula is C67H130NO8+. The molecule has 0 bridgehead atoms. The molecule has 0 aliphatic rings. The van der Waals surface area contributed by atoms with Crippen molar-refractivity contribution in [3.8, 4) is 0 Å². The van der Waals surface area contributed by atoms with E-state index in [4.69, 9.17) is 18.9 Å². The molecule has 2 unspecified atom stereocenters. The first-order chi connectivity index (χ1) is 37.1. The van der Waals surface area contributed by atoms with Crippen LogP contribution in [0.1, 0.15) is 341 Å². The number of quaternary nitrogens is 1. The Morgan fingerprint density at radius 2 is 0.671 bits per heavy atom. The number of likely N-dealkylation sites (N-methyl/N-ethyl adjacent to an activating group) is 1. The minimum Gasteiger partial charge on any atom is -0.477 e. The summed E-state index contributed by atoms with van der Waals surface area (Å²) in [5, 5.41) is 9.73. The molecule has 1 N–H and O–H groups in total. The van der Waals surface area contributed by atoms with Crippen molar-refractivity contribution in [3.63, 3.8) is 0 Å². The number of aliphatic carboxylic acids is 1. The van der Waals surface area contributed by atoms with Crippen molar-refractivity contribution in [2.24, 2.45) is 0 Å². The fourth-order valence-electron chi connectivity index (χ4n) is 10.1. The van der Waals surface area contributed by atoms with Crippen molar-refractivity contribution >= 4 is 17.9 Å². The fourth-order valence-corrected chi connectivity index (χ4v) is 10.1. The van der Waals surface area contributed by atoms with Crippen LogP contribution < -0.4 is 0 Å².